The summed E-state index contributed by atoms with van der Waals surface area (Å²) in [6, 6.07) is 8.86. The monoisotopic (exact) mass is 278 g/mol. The van der Waals surface area contributed by atoms with Crippen molar-refractivity contribution in [1.29, 1.82) is 0 Å². The smallest absolute Gasteiger partial charge is 0.121 e. The molecule has 1 atom stereocenters. The highest BCUT2D eigenvalue weighted by molar-refractivity contribution is 5.48. The predicted octanol–water partition coefficient (Wildman–Crippen LogP) is 4.01. The van der Waals surface area contributed by atoms with Crippen molar-refractivity contribution in [1.82, 2.24) is 4.90 Å². The Kier molecular flexibility index (Phi) is 8.12. The predicted molar refractivity (Wildman–Crippen MR) is 87.7 cm³/mol. The van der Waals surface area contributed by atoms with Crippen molar-refractivity contribution in [2.75, 3.05) is 32.6 Å². The summed E-state index contributed by atoms with van der Waals surface area (Å²) in [4.78, 5) is 2.12. The minimum absolute atomic E-state index is 0.562. The van der Waals surface area contributed by atoms with Gasteiger partial charge in [0.25, 0.3) is 0 Å². The first-order valence-electron chi connectivity index (χ1n) is 7.79. The molecule has 0 bridgehead atoms. The first-order valence-corrected chi connectivity index (χ1v) is 7.79. The number of likely N-dealkylation sites (N-methyl/N-ethyl adjacent to an activating group) is 1. The van der Waals surface area contributed by atoms with Crippen molar-refractivity contribution in [3.05, 3.63) is 24.3 Å². The third-order valence-electron chi connectivity index (χ3n) is 3.41. The molecule has 0 fully saturated rings. The lowest BCUT2D eigenvalue weighted by Crippen LogP contribution is -2.20. The van der Waals surface area contributed by atoms with E-state index in [4.69, 9.17) is 4.74 Å². The number of anilines is 1. The van der Waals surface area contributed by atoms with Crippen molar-refractivity contribution in [3.63, 3.8) is 0 Å². The van der Waals surface area contributed by atoms with Crippen LogP contribution in [0.15, 0.2) is 24.3 Å². The van der Waals surface area contributed by atoms with Crippen molar-refractivity contribution in [2.24, 2.45) is 0 Å². The summed E-state index contributed by atoms with van der Waals surface area (Å²) >= 11 is 0. The highest BCUT2D eigenvalue weighted by Crippen LogP contribution is 2.20. The Labute approximate surface area is 124 Å². The quantitative estimate of drug-likeness (QED) is 0.700. The minimum atomic E-state index is 0.562. The molecule has 0 saturated heterocycles. The van der Waals surface area contributed by atoms with Gasteiger partial charge in [-0.2, -0.15) is 0 Å². The van der Waals surface area contributed by atoms with E-state index in [0.29, 0.717) is 6.04 Å². The lowest BCUT2D eigenvalue weighted by Gasteiger charge is -2.18. The van der Waals surface area contributed by atoms with Gasteiger partial charge in [-0.15, -0.1) is 0 Å². The zero-order valence-corrected chi connectivity index (χ0v) is 13.5. The number of rotatable bonds is 10. The van der Waals surface area contributed by atoms with Gasteiger partial charge in [-0.1, -0.05) is 32.8 Å². The largest absolute Gasteiger partial charge is 0.492 e. The number of nitrogens with zero attached hydrogens (tertiary/aromatic N) is 1. The van der Waals surface area contributed by atoms with Crippen LogP contribution in [0.2, 0.25) is 0 Å². The molecule has 1 unspecified atom stereocenters. The Bertz CT molecular complexity index is 366. The molecule has 1 N–H and O–H groups in total. The van der Waals surface area contributed by atoms with E-state index in [-0.39, 0.29) is 0 Å². The lowest BCUT2D eigenvalue weighted by molar-refractivity contribution is 0.261. The van der Waals surface area contributed by atoms with Crippen LogP contribution in [-0.4, -0.2) is 38.2 Å². The molecule has 0 aromatic heterocycles. The summed E-state index contributed by atoms with van der Waals surface area (Å²) in [6.45, 7) is 6.14. The molecule has 0 saturated carbocycles. The van der Waals surface area contributed by atoms with E-state index < -0.39 is 0 Å². The van der Waals surface area contributed by atoms with Gasteiger partial charge in [-0.25, -0.2) is 0 Å². The topological polar surface area (TPSA) is 24.5 Å². The number of nitrogens with one attached hydrogen (secondary N) is 1. The van der Waals surface area contributed by atoms with E-state index in [1.807, 2.05) is 6.07 Å². The second-order valence-corrected chi connectivity index (χ2v) is 5.57. The molecule has 0 spiro atoms. The Hall–Kier alpha value is -1.22. The minimum Gasteiger partial charge on any atom is -0.492 e. The highest BCUT2D eigenvalue weighted by Gasteiger charge is 2.06. The van der Waals surface area contributed by atoms with Crippen LogP contribution in [0.5, 0.6) is 5.75 Å². The van der Waals surface area contributed by atoms with E-state index in [0.717, 1.165) is 31.0 Å². The third kappa shape index (κ3) is 6.80. The van der Waals surface area contributed by atoms with Gasteiger partial charge in [0.1, 0.15) is 12.4 Å². The second kappa shape index (κ2) is 9.65. The summed E-state index contributed by atoms with van der Waals surface area (Å²) in [5.41, 5.74) is 1.16. The molecule has 0 radical (unpaired) electrons. The fraction of sp³-hybridized carbons (Fsp3) is 0.647. The van der Waals surface area contributed by atoms with Gasteiger partial charge in [0.2, 0.25) is 0 Å². The molecule has 0 aliphatic carbocycles. The standard InChI is InChI=1S/C17H30N2O/c1-5-7-9-15(6-2)18-16-10-8-11-17(14-16)20-13-12-19(3)4/h8,10-11,14-15,18H,5-7,9,12-13H2,1-4H3. The third-order valence-corrected chi connectivity index (χ3v) is 3.41. The van der Waals surface area contributed by atoms with Gasteiger partial charge in [0.15, 0.2) is 0 Å². The number of hydrogen-bond donors (Lipinski definition) is 1. The van der Waals surface area contributed by atoms with Crippen LogP contribution in [0, 0.1) is 0 Å². The molecule has 0 heterocycles. The van der Waals surface area contributed by atoms with Gasteiger partial charge in [0.05, 0.1) is 0 Å². The maximum absolute atomic E-state index is 5.77. The Morgan fingerprint density at radius 2 is 2.05 bits per heavy atom. The number of unbranched alkanes of at least 4 members (excludes halogenated alkanes) is 1. The molecule has 3 heteroatoms. The van der Waals surface area contributed by atoms with E-state index in [1.165, 1.54) is 19.3 Å². The summed E-state index contributed by atoms with van der Waals surface area (Å²) in [7, 11) is 4.11. The van der Waals surface area contributed by atoms with Crippen LogP contribution in [0.1, 0.15) is 39.5 Å². The normalized spacial score (nSPS) is 12.4. The molecule has 0 amide bonds. The summed E-state index contributed by atoms with van der Waals surface area (Å²) in [6.07, 6.45) is 4.93. The average molecular weight is 278 g/mol. The number of ether oxygens (including phenoxy) is 1. The Balaban J connectivity index is 2.49. The molecule has 0 aliphatic heterocycles. The molecule has 114 valence electrons. The van der Waals surface area contributed by atoms with Gasteiger partial charge in [-0.05, 0) is 39.1 Å². The Morgan fingerprint density at radius 1 is 1.25 bits per heavy atom. The summed E-state index contributed by atoms with van der Waals surface area (Å²) < 4.78 is 5.77. The fourth-order valence-corrected chi connectivity index (χ4v) is 2.09. The molecular formula is C17H30N2O. The first-order chi connectivity index (χ1) is 9.65. The number of benzene rings is 1. The molecule has 1 aromatic carbocycles. The van der Waals surface area contributed by atoms with E-state index >= 15 is 0 Å². The van der Waals surface area contributed by atoms with Crippen LogP contribution in [0.3, 0.4) is 0 Å². The van der Waals surface area contributed by atoms with Crippen molar-refractivity contribution >= 4 is 5.69 Å². The van der Waals surface area contributed by atoms with Gasteiger partial charge in [-0.3, -0.25) is 0 Å². The summed E-state index contributed by atoms with van der Waals surface area (Å²) in [5.74, 6) is 0.946. The molecule has 20 heavy (non-hydrogen) atoms. The lowest BCUT2D eigenvalue weighted by atomic mass is 10.1. The zero-order chi connectivity index (χ0) is 14.8. The van der Waals surface area contributed by atoms with E-state index in [2.05, 4.69) is 56.4 Å². The SMILES string of the molecule is CCCCC(CC)Nc1cccc(OCCN(C)C)c1. The van der Waals surface area contributed by atoms with Crippen LogP contribution in [0.25, 0.3) is 0 Å². The van der Waals surface area contributed by atoms with Gasteiger partial charge < -0.3 is 15.0 Å². The molecule has 1 aromatic rings. The average Bonchev–Trinajstić information content (AvgIpc) is 2.43. The van der Waals surface area contributed by atoms with E-state index in [1.54, 1.807) is 0 Å². The molecule has 1 rings (SSSR count). The molecular weight excluding hydrogens is 248 g/mol. The van der Waals surface area contributed by atoms with Gasteiger partial charge in [0, 0.05) is 24.3 Å². The molecule has 3 nitrogen and oxygen atoms in total. The number of hydrogen-bond acceptors (Lipinski definition) is 3. The maximum Gasteiger partial charge on any atom is 0.121 e. The van der Waals surface area contributed by atoms with Crippen molar-refractivity contribution in [2.45, 2.75) is 45.6 Å². The summed E-state index contributed by atoms with van der Waals surface area (Å²) in [5, 5.41) is 3.61. The zero-order valence-electron chi connectivity index (χ0n) is 13.5. The second-order valence-electron chi connectivity index (χ2n) is 5.57. The van der Waals surface area contributed by atoms with Crippen molar-refractivity contribution < 1.29 is 4.74 Å². The maximum atomic E-state index is 5.77. The van der Waals surface area contributed by atoms with Crippen LogP contribution < -0.4 is 10.1 Å². The van der Waals surface area contributed by atoms with Crippen molar-refractivity contribution in [3.8, 4) is 5.75 Å². The Morgan fingerprint density at radius 3 is 2.70 bits per heavy atom. The van der Waals surface area contributed by atoms with E-state index in [9.17, 15) is 0 Å². The van der Waals surface area contributed by atoms with Gasteiger partial charge >= 0.3 is 0 Å². The highest BCUT2D eigenvalue weighted by atomic mass is 16.5. The fourth-order valence-electron chi connectivity index (χ4n) is 2.09. The first kappa shape index (κ1) is 16.8. The van der Waals surface area contributed by atoms with Crippen LogP contribution in [-0.2, 0) is 0 Å². The molecule has 0 aliphatic rings. The van der Waals surface area contributed by atoms with Crippen LogP contribution >= 0.6 is 0 Å². The van der Waals surface area contributed by atoms with Crippen LogP contribution in [0.4, 0.5) is 5.69 Å².